The third-order valence-corrected chi connectivity index (χ3v) is 3.15. The summed E-state index contributed by atoms with van der Waals surface area (Å²) < 4.78 is 19.8. The summed E-state index contributed by atoms with van der Waals surface area (Å²) in [6.45, 7) is 8.12. The Morgan fingerprint density at radius 1 is 1.28 bits per heavy atom. The highest BCUT2D eigenvalue weighted by Crippen LogP contribution is 2.29. The molecule has 1 saturated heterocycles. The molecule has 1 aromatic carbocycles. The van der Waals surface area contributed by atoms with E-state index in [2.05, 4.69) is 26.1 Å². The smallest absolute Gasteiger partial charge is 0.129 e. The lowest BCUT2D eigenvalue weighted by Crippen LogP contribution is -2.42. The number of halogens is 1. The molecule has 0 amide bonds. The first-order chi connectivity index (χ1) is 8.46. The predicted molar refractivity (Wildman–Crippen MR) is 71.0 cm³/mol. The molecule has 0 saturated carbocycles. The molecule has 0 spiro atoms. The largest absolute Gasteiger partial charge is 0.368 e. The van der Waals surface area contributed by atoms with Gasteiger partial charge < -0.3 is 10.1 Å². The molecule has 0 aromatic heterocycles. The number of hydrogen-bond acceptors (Lipinski definition) is 2. The van der Waals surface area contributed by atoms with Gasteiger partial charge in [-0.1, -0.05) is 39.0 Å². The maximum absolute atomic E-state index is 13.7. The molecule has 2 unspecified atom stereocenters. The monoisotopic (exact) mass is 251 g/mol. The molecule has 1 aliphatic heterocycles. The highest BCUT2D eigenvalue weighted by molar-refractivity contribution is 5.20. The van der Waals surface area contributed by atoms with Gasteiger partial charge in [-0.25, -0.2) is 4.39 Å². The molecule has 2 atom stereocenters. The maximum atomic E-state index is 13.7. The van der Waals surface area contributed by atoms with Gasteiger partial charge in [0.2, 0.25) is 0 Å². The quantitative estimate of drug-likeness (QED) is 0.871. The van der Waals surface area contributed by atoms with Crippen LogP contribution in [0.15, 0.2) is 24.3 Å². The molecular formula is C15H22FNO. The second-order valence-electron chi connectivity index (χ2n) is 6.19. The minimum Gasteiger partial charge on any atom is -0.368 e. The summed E-state index contributed by atoms with van der Waals surface area (Å²) >= 11 is 0. The summed E-state index contributed by atoms with van der Waals surface area (Å²) in [4.78, 5) is 0. The van der Waals surface area contributed by atoms with Gasteiger partial charge in [-0.2, -0.15) is 0 Å². The maximum Gasteiger partial charge on any atom is 0.129 e. The van der Waals surface area contributed by atoms with Crippen LogP contribution in [0, 0.1) is 11.2 Å². The van der Waals surface area contributed by atoms with Gasteiger partial charge in [0, 0.05) is 18.7 Å². The molecule has 18 heavy (non-hydrogen) atoms. The standard InChI is InChI=1S/C15H22FNO/c1-15(2,3)8-11-9-17-10-14(18-11)12-6-4-5-7-13(12)16/h4-7,11,14,17H,8-10H2,1-3H3. The van der Waals surface area contributed by atoms with E-state index in [0.29, 0.717) is 12.1 Å². The third kappa shape index (κ3) is 3.53. The zero-order valence-electron chi connectivity index (χ0n) is 11.4. The summed E-state index contributed by atoms with van der Waals surface area (Å²) in [5.41, 5.74) is 0.882. The van der Waals surface area contributed by atoms with E-state index in [9.17, 15) is 4.39 Å². The van der Waals surface area contributed by atoms with Crippen LogP contribution >= 0.6 is 0 Å². The first-order valence-electron chi connectivity index (χ1n) is 6.56. The Balaban J connectivity index is 2.05. The van der Waals surface area contributed by atoms with Crippen molar-refractivity contribution in [1.29, 1.82) is 0 Å². The van der Waals surface area contributed by atoms with Crippen molar-refractivity contribution >= 4 is 0 Å². The molecule has 100 valence electrons. The highest BCUT2D eigenvalue weighted by Gasteiger charge is 2.28. The molecule has 1 heterocycles. The molecule has 2 nitrogen and oxygen atoms in total. The molecule has 2 rings (SSSR count). The highest BCUT2D eigenvalue weighted by atomic mass is 19.1. The van der Waals surface area contributed by atoms with E-state index in [1.54, 1.807) is 12.1 Å². The fourth-order valence-electron chi connectivity index (χ4n) is 2.43. The lowest BCUT2D eigenvalue weighted by Gasteiger charge is -2.34. The van der Waals surface area contributed by atoms with E-state index in [1.807, 2.05) is 6.07 Å². The molecule has 1 N–H and O–H groups in total. The summed E-state index contributed by atoms with van der Waals surface area (Å²) in [7, 11) is 0. The van der Waals surface area contributed by atoms with Crippen LogP contribution in [0.3, 0.4) is 0 Å². The summed E-state index contributed by atoms with van der Waals surface area (Å²) in [5, 5.41) is 3.34. The summed E-state index contributed by atoms with van der Waals surface area (Å²) in [5.74, 6) is -0.180. The van der Waals surface area contributed by atoms with Crippen LogP contribution in [-0.2, 0) is 4.74 Å². The van der Waals surface area contributed by atoms with Crippen LogP contribution in [0.2, 0.25) is 0 Å². The fraction of sp³-hybridized carbons (Fsp3) is 0.600. The van der Waals surface area contributed by atoms with E-state index in [4.69, 9.17) is 4.74 Å². The van der Waals surface area contributed by atoms with Crippen molar-refractivity contribution in [2.45, 2.75) is 39.4 Å². The van der Waals surface area contributed by atoms with Crippen molar-refractivity contribution in [3.8, 4) is 0 Å². The molecule has 1 fully saturated rings. The lowest BCUT2D eigenvalue weighted by atomic mass is 9.88. The van der Waals surface area contributed by atoms with Crippen molar-refractivity contribution in [3.63, 3.8) is 0 Å². The average molecular weight is 251 g/mol. The van der Waals surface area contributed by atoms with E-state index in [0.717, 1.165) is 13.0 Å². The fourth-order valence-corrected chi connectivity index (χ4v) is 2.43. The molecule has 3 heteroatoms. The van der Waals surface area contributed by atoms with Gasteiger partial charge in [-0.05, 0) is 17.9 Å². The Hall–Kier alpha value is -0.930. The van der Waals surface area contributed by atoms with Crippen LogP contribution in [0.1, 0.15) is 38.9 Å². The zero-order valence-corrected chi connectivity index (χ0v) is 11.4. The van der Waals surface area contributed by atoms with Gasteiger partial charge in [-0.3, -0.25) is 0 Å². The average Bonchev–Trinajstić information content (AvgIpc) is 2.27. The number of ether oxygens (including phenoxy) is 1. The number of hydrogen-bond donors (Lipinski definition) is 1. The second-order valence-corrected chi connectivity index (χ2v) is 6.19. The summed E-state index contributed by atoms with van der Waals surface area (Å²) in [6.07, 6.45) is 0.959. The van der Waals surface area contributed by atoms with Crippen molar-refractivity contribution in [2.24, 2.45) is 5.41 Å². The second kappa shape index (κ2) is 5.37. The van der Waals surface area contributed by atoms with Crippen LogP contribution in [-0.4, -0.2) is 19.2 Å². The Morgan fingerprint density at radius 3 is 2.67 bits per heavy atom. The minimum absolute atomic E-state index is 0.156. The van der Waals surface area contributed by atoms with E-state index < -0.39 is 0 Å². The first-order valence-corrected chi connectivity index (χ1v) is 6.56. The van der Waals surface area contributed by atoms with Crippen LogP contribution in [0.4, 0.5) is 4.39 Å². The lowest BCUT2D eigenvalue weighted by molar-refractivity contribution is -0.0565. The van der Waals surface area contributed by atoms with Crippen LogP contribution in [0.5, 0.6) is 0 Å². The normalized spacial score (nSPS) is 25.1. The van der Waals surface area contributed by atoms with E-state index >= 15 is 0 Å². The predicted octanol–water partition coefficient (Wildman–Crippen LogP) is 3.29. The third-order valence-electron chi connectivity index (χ3n) is 3.15. The molecule has 1 aromatic rings. The van der Waals surface area contributed by atoms with Crippen LogP contribution < -0.4 is 5.32 Å². The zero-order chi connectivity index (χ0) is 13.2. The van der Waals surface area contributed by atoms with Crippen molar-refractivity contribution in [1.82, 2.24) is 5.32 Å². The van der Waals surface area contributed by atoms with Crippen molar-refractivity contribution in [2.75, 3.05) is 13.1 Å². The van der Waals surface area contributed by atoms with Gasteiger partial charge in [0.15, 0.2) is 0 Å². The van der Waals surface area contributed by atoms with Crippen molar-refractivity contribution < 1.29 is 9.13 Å². The minimum atomic E-state index is -0.180. The van der Waals surface area contributed by atoms with Gasteiger partial charge in [0.05, 0.1) is 12.2 Å². The van der Waals surface area contributed by atoms with E-state index in [1.165, 1.54) is 6.07 Å². The summed E-state index contributed by atoms with van der Waals surface area (Å²) in [6, 6.07) is 6.87. The Kier molecular flexibility index (Phi) is 4.03. The SMILES string of the molecule is CC(C)(C)CC1CNCC(c2ccccc2F)O1. The molecule has 1 aliphatic rings. The van der Waals surface area contributed by atoms with Gasteiger partial charge >= 0.3 is 0 Å². The van der Waals surface area contributed by atoms with Gasteiger partial charge in [0.25, 0.3) is 0 Å². The Bertz CT molecular complexity index is 400. The van der Waals surface area contributed by atoms with Gasteiger partial charge in [0.1, 0.15) is 5.82 Å². The number of morpholine rings is 1. The van der Waals surface area contributed by atoms with Gasteiger partial charge in [-0.15, -0.1) is 0 Å². The number of rotatable bonds is 2. The molecule has 0 radical (unpaired) electrons. The number of benzene rings is 1. The van der Waals surface area contributed by atoms with Crippen LogP contribution in [0.25, 0.3) is 0 Å². The number of nitrogens with one attached hydrogen (secondary N) is 1. The molecular weight excluding hydrogens is 229 g/mol. The molecule has 0 bridgehead atoms. The topological polar surface area (TPSA) is 21.3 Å². The van der Waals surface area contributed by atoms with Crippen molar-refractivity contribution in [3.05, 3.63) is 35.6 Å². The van der Waals surface area contributed by atoms with E-state index in [-0.39, 0.29) is 23.4 Å². The Labute approximate surface area is 109 Å². The molecule has 0 aliphatic carbocycles. The first kappa shape index (κ1) is 13.5. The Morgan fingerprint density at radius 2 is 2.00 bits per heavy atom.